The fourth-order valence-corrected chi connectivity index (χ4v) is 1.76. The van der Waals surface area contributed by atoms with Crippen molar-refractivity contribution in [1.29, 1.82) is 5.26 Å². The molecule has 1 fully saturated rings. The Kier molecular flexibility index (Phi) is 4.88. The predicted molar refractivity (Wildman–Crippen MR) is 54.9 cm³/mol. The Labute approximate surface area is 85.8 Å². The highest BCUT2D eigenvalue weighted by molar-refractivity contribution is 4.89. The van der Waals surface area contributed by atoms with E-state index in [1.54, 1.807) is 7.11 Å². The average molecular weight is 197 g/mol. The minimum atomic E-state index is 0.327. The van der Waals surface area contributed by atoms with Crippen LogP contribution in [0.25, 0.3) is 0 Å². The summed E-state index contributed by atoms with van der Waals surface area (Å²) in [4.78, 5) is 2.38. The summed E-state index contributed by atoms with van der Waals surface area (Å²) < 4.78 is 5.06. The Bertz CT molecular complexity index is 202. The van der Waals surface area contributed by atoms with Crippen molar-refractivity contribution in [2.75, 3.05) is 33.4 Å². The van der Waals surface area contributed by atoms with E-state index in [1.807, 2.05) is 0 Å². The number of nitriles is 1. The van der Waals surface area contributed by atoms with Crippen molar-refractivity contribution in [2.24, 2.45) is 0 Å². The van der Waals surface area contributed by atoms with Gasteiger partial charge in [-0.2, -0.15) is 5.26 Å². The maximum Gasteiger partial charge on any atom is 0.0638 e. The normalized spacial score (nSPS) is 28.6. The van der Waals surface area contributed by atoms with Crippen LogP contribution in [0.3, 0.4) is 0 Å². The maximum absolute atomic E-state index is 8.61. The fraction of sp³-hybridized carbons (Fsp3) is 0.900. The van der Waals surface area contributed by atoms with E-state index in [9.17, 15) is 0 Å². The Morgan fingerprint density at radius 1 is 1.64 bits per heavy atom. The molecule has 1 N–H and O–H groups in total. The van der Waals surface area contributed by atoms with E-state index in [0.29, 0.717) is 18.5 Å². The van der Waals surface area contributed by atoms with Gasteiger partial charge in [0, 0.05) is 38.8 Å². The molecular formula is C10H19N3O. The van der Waals surface area contributed by atoms with Crippen molar-refractivity contribution in [2.45, 2.75) is 25.4 Å². The van der Waals surface area contributed by atoms with Crippen LogP contribution in [0.15, 0.2) is 0 Å². The fourth-order valence-electron chi connectivity index (χ4n) is 1.76. The molecule has 1 heterocycles. The average Bonchev–Trinajstić information content (AvgIpc) is 2.19. The smallest absolute Gasteiger partial charge is 0.0638 e. The van der Waals surface area contributed by atoms with Crippen molar-refractivity contribution in [1.82, 2.24) is 10.2 Å². The first kappa shape index (κ1) is 11.4. The van der Waals surface area contributed by atoms with Crippen LogP contribution in [0.4, 0.5) is 0 Å². The molecule has 0 bridgehead atoms. The number of nitrogens with one attached hydrogen (secondary N) is 1. The molecule has 1 rings (SSSR count). The van der Waals surface area contributed by atoms with Crippen LogP contribution in [0, 0.1) is 11.3 Å². The number of hydrogen-bond acceptors (Lipinski definition) is 4. The molecule has 0 aromatic rings. The van der Waals surface area contributed by atoms with Gasteiger partial charge >= 0.3 is 0 Å². The summed E-state index contributed by atoms with van der Waals surface area (Å²) in [6.45, 7) is 5.85. The molecule has 4 heteroatoms. The van der Waals surface area contributed by atoms with Crippen molar-refractivity contribution in [3.8, 4) is 6.07 Å². The van der Waals surface area contributed by atoms with Crippen LogP contribution in [0.2, 0.25) is 0 Å². The first-order chi connectivity index (χ1) is 6.77. The highest BCUT2D eigenvalue weighted by atomic mass is 16.5. The number of rotatable bonds is 4. The molecular weight excluding hydrogens is 178 g/mol. The molecule has 0 spiro atoms. The second kappa shape index (κ2) is 5.97. The predicted octanol–water partition coefficient (Wildman–Crippen LogP) is 0.209. The Morgan fingerprint density at radius 3 is 3.07 bits per heavy atom. The molecule has 0 amide bonds. The van der Waals surface area contributed by atoms with Gasteiger partial charge in [-0.1, -0.05) is 0 Å². The number of methoxy groups -OCH3 is 1. The van der Waals surface area contributed by atoms with Gasteiger partial charge in [0.15, 0.2) is 0 Å². The Hall–Kier alpha value is -0.630. The van der Waals surface area contributed by atoms with E-state index in [2.05, 4.69) is 23.2 Å². The first-order valence-electron chi connectivity index (χ1n) is 5.11. The van der Waals surface area contributed by atoms with E-state index in [4.69, 9.17) is 10.00 Å². The summed E-state index contributed by atoms with van der Waals surface area (Å²) in [5.41, 5.74) is 0. The monoisotopic (exact) mass is 197 g/mol. The van der Waals surface area contributed by atoms with Crippen LogP contribution in [0.1, 0.15) is 13.3 Å². The third-order valence-corrected chi connectivity index (χ3v) is 2.70. The van der Waals surface area contributed by atoms with Crippen LogP contribution in [0.5, 0.6) is 0 Å². The molecule has 4 nitrogen and oxygen atoms in total. The maximum atomic E-state index is 8.61. The van der Waals surface area contributed by atoms with Crippen molar-refractivity contribution in [3.63, 3.8) is 0 Å². The summed E-state index contributed by atoms with van der Waals surface area (Å²) in [6, 6.07) is 3.08. The van der Waals surface area contributed by atoms with E-state index < -0.39 is 0 Å². The van der Waals surface area contributed by atoms with Crippen LogP contribution in [-0.2, 0) is 4.74 Å². The van der Waals surface area contributed by atoms with E-state index in [0.717, 1.165) is 26.2 Å². The van der Waals surface area contributed by atoms with E-state index in [1.165, 1.54) is 0 Å². The van der Waals surface area contributed by atoms with Crippen LogP contribution in [-0.4, -0.2) is 50.3 Å². The summed E-state index contributed by atoms with van der Waals surface area (Å²) in [6.07, 6.45) is 0.593. The first-order valence-corrected chi connectivity index (χ1v) is 5.11. The molecule has 1 saturated heterocycles. The van der Waals surface area contributed by atoms with Crippen molar-refractivity contribution in [3.05, 3.63) is 0 Å². The minimum absolute atomic E-state index is 0.327. The van der Waals surface area contributed by atoms with Crippen LogP contribution >= 0.6 is 0 Å². The topological polar surface area (TPSA) is 48.3 Å². The van der Waals surface area contributed by atoms with Crippen molar-refractivity contribution < 1.29 is 4.74 Å². The minimum Gasteiger partial charge on any atom is -0.383 e. The SMILES string of the molecule is COCCN1CC(CC#N)NCC1C. The van der Waals surface area contributed by atoms with Gasteiger partial charge < -0.3 is 10.1 Å². The number of ether oxygens (including phenoxy) is 1. The molecule has 0 saturated carbocycles. The molecule has 80 valence electrons. The van der Waals surface area contributed by atoms with E-state index in [-0.39, 0.29) is 0 Å². The standard InChI is InChI=1S/C10H19N3O/c1-9-7-12-10(3-4-11)8-13(9)5-6-14-2/h9-10,12H,3,5-8H2,1-2H3. The molecule has 0 aromatic carbocycles. The lowest BCUT2D eigenvalue weighted by Crippen LogP contribution is -2.55. The lowest BCUT2D eigenvalue weighted by Gasteiger charge is -2.37. The number of hydrogen-bond donors (Lipinski definition) is 1. The van der Waals surface area contributed by atoms with E-state index >= 15 is 0 Å². The third kappa shape index (κ3) is 3.26. The molecule has 1 aliphatic heterocycles. The third-order valence-electron chi connectivity index (χ3n) is 2.70. The molecule has 0 radical (unpaired) electrons. The van der Waals surface area contributed by atoms with Gasteiger partial charge in [0.25, 0.3) is 0 Å². The zero-order chi connectivity index (χ0) is 10.4. The van der Waals surface area contributed by atoms with Crippen molar-refractivity contribution >= 4 is 0 Å². The molecule has 0 aromatic heterocycles. The highest BCUT2D eigenvalue weighted by Crippen LogP contribution is 2.07. The van der Waals surface area contributed by atoms with Gasteiger partial charge in [-0.3, -0.25) is 4.90 Å². The molecule has 2 unspecified atom stereocenters. The summed E-state index contributed by atoms with van der Waals surface area (Å²) in [5, 5.41) is 12.0. The second-order valence-electron chi connectivity index (χ2n) is 3.80. The zero-order valence-corrected chi connectivity index (χ0v) is 8.99. The number of piperazine rings is 1. The summed E-state index contributed by atoms with van der Waals surface area (Å²) in [5.74, 6) is 0. The van der Waals surface area contributed by atoms with Gasteiger partial charge in [-0.05, 0) is 6.92 Å². The lowest BCUT2D eigenvalue weighted by atomic mass is 10.1. The van der Waals surface area contributed by atoms with Gasteiger partial charge in [-0.15, -0.1) is 0 Å². The largest absolute Gasteiger partial charge is 0.383 e. The number of nitrogens with zero attached hydrogens (tertiary/aromatic N) is 2. The summed E-state index contributed by atoms with van der Waals surface area (Å²) >= 11 is 0. The van der Waals surface area contributed by atoms with Crippen LogP contribution < -0.4 is 5.32 Å². The van der Waals surface area contributed by atoms with Gasteiger partial charge in [0.05, 0.1) is 19.1 Å². The quantitative estimate of drug-likeness (QED) is 0.700. The zero-order valence-electron chi connectivity index (χ0n) is 8.99. The molecule has 2 atom stereocenters. The Morgan fingerprint density at radius 2 is 2.43 bits per heavy atom. The Balaban J connectivity index is 2.35. The lowest BCUT2D eigenvalue weighted by molar-refractivity contribution is 0.0942. The summed E-state index contributed by atoms with van der Waals surface area (Å²) in [7, 11) is 1.72. The van der Waals surface area contributed by atoms with Gasteiger partial charge in [0.1, 0.15) is 0 Å². The molecule has 14 heavy (non-hydrogen) atoms. The second-order valence-corrected chi connectivity index (χ2v) is 3.80. The van der Waals surface area contributed by atoms with Gasteiger partial charge in [-0.25, -0.2) is 0 Å². The molecule has 1 aliphatic rings. The molecule has 0 aliphatic carbocycles. The highest BCUT2D eigenvalue weighted by Gasteiger charge is 2.23. The van der Waals surface area contributed by atoms with Gasteiger partial charge in [0.2, 0.25) is 0 Å².